The highest BCUT2D eigenvalue weighted by atomic mass is 35.5. The van der Waals surface area contributed by atoms with Gasteiger partial charge in [-0.2, -0.15) is 0 Å². The molecule has 4 N–H and O–H groups in total. The van der Waals surface area contributed by atoms with Crippen LogP contribution in [0.1, 0.15) is 36.9 Å². The van der Waals surface area contributed by atoms with E-state index in [0.29, 0.717) is 24.6 Å². The number of fused-ring (bicyclic) bond motifs is 1. The number of rotatable bonds is 4. The molecule has 1 aromatic heterocycles. The molecule has 1 unspecified atom stereocenters. The first-order valence-corrected chi connectivity index (χ1v) is 9.77. The van der Waals surface area contributed by atoms with Gasteiger partial charge >= 0.3 is 0 Å². The summed E-state index contributed by atoms with van der Waals surface area (Å²) >= 11 is 5.73. The van der Waals surface area contributed by atoms with Gasteiger partial charge in [0.25, 0.3) is 5.91 Å². The summed E-state index contributed by atoms with van der Waals surface area (Å²) in [5.41, 5.74) is 15.4. The Labute approximate surface area is 165 Å². The van der Waals surface area contributed by atoms with Crippen molar-refractivity contribution in [3.05, 3.63) is 58.5 Å². The molecule has 2 aromatic rings. The molecule has 1 fully saturated rings. The van der Waals surface area contributed by atoms with E-state index in [1.807, 2.05) is 4.90 Å². The highest BCUT2D eigenvalue weighted by molar-refractivity contribution is 6.29. The number of aryl methyl sites for hydroxylation is 2. The molecule has 1 aliphatic rings. The monoisotopic (exact) mass is 386 g/mol. The average molecular weight is 387 g/mol. The first-order valence-electron chi connectivity index (χ1n) is 9.39. The van der Waals surface area contributed by atoms with Gasteiger partial charge in [0.05, 0.1) is 10.7 Å². The third kappa shape index (κ3) is 3.69. The lowest BCUT2D eigenvalue weighted by molar-refractivity contribution is -0.128. The lowest BCUT2D eigenvalue weighted by atomic mass is 9.91. The van der Waals surface area contributed by atoms with E-state index in [1.54, 1.807) is 0 Å². The fourth-order valence-electron chi connectivity index (χ4n) is 4.26. The van der Waals surface area contributed by atoms with Crippen LogP contribution in [0.15, 0.2) is 47.3 Å². The van der Waals surface area contributed by atoms with Crippen molar-refractivity contribution >= 4 is 28.4 Å². The summed E-state index contributed by atoms with van der Waals surface area (Å²) in [5, 5.41) is 1.34. The van der Waals surface area contributed by atoms with Crippen LogP contribution in [0.3, 0.4) is 0 Å². The summed E-state index contributed by atoms with van der Waals surface area (Å²) in [4.78, 5) is 14.7. The van der Waals surface area contributed by atoms with Crippen molar-refractivity contribution in [1.29, 1.82) is 0 Å². The van der Waals surface area contributed by atoms with Gasteiger partial charge in [-0.25, -0.2) is 0 Å². The molecule has 0 spiro atoms. The Bertz CT molecular complexity index is 908. The molecule has 1 saturated heterocycles. The van der Waals surface area contributed by atoms with E-state index in [4.69, 9.17) is 23.1 Å². The van der Waals surface area contributed by atoms with E-state index < -0.39 is 0 Å². The van der Waals surface area contributed by atoms with Crippen molar-refractivity contribution in [3.8, 4) is 0 Å². The van der Waals surface area contributed by atoms with Crippen LogP contribution in [0.4, 0.5) is 0 Å². The minimum atomic E-state index is -0.123. The fraction of sp³-hybridized carbons (Fsp3) is 0.381. The van der Waals surface area contributed by atoms with Crippen LogP contribution in [0, 0.1) is 6.92 Å². The minimum Gasteiger partial charge on any atom is -0.404 e. The van der Waals surface area contributed by atoms with Crippen LogP contribution in [0.25, 0.3) is 10.9 Å². The van der Waals surface area contributed by atoms with Crippen LogP contribution in [0.2, 0.25) is 0 Å². The number of para-hydroxylation sites is 1. The molecule has 0 saturated carbocycles. The molecular formula is C21H27ClN4O. The second kappa shape index (κ2) is 8.09. The quantitative estimate of drug-likeness (QED) is 0.479. The number of carbonyl (C=O) groups excluding carboxylic acids is 1. The minimum absolute atomic E-state index is 0.0514. The standard InChI is InChI=1S/C21H27ClN4O/c1-3-26-18-9-5-4-8-17(18)14(2)20(26)15-7-6-10-25(13-15)21(27)16(12-23)11-19(22)24/h4-5,8-9,11-12,15H,3,6-7,10,13,23-24H2,1-2H3/b16-12+,19-11-. The number of carbonyl (C=O) groups is 1. The number of nitrogens with zero attached hydrogens (tertiary/aromatic N) is 2. The molecular weight excluding hydrogens is 360 g/mol. The van der Waals surface area contributed by atoms with Gasteiger partial charge in [-0.05, 0) is 44.4 Å². The molecule has 6 heteroatoms. The predicted octanol–water partition coefficient (Wildman–Crippen LogP) is 3.56. The third-order valence-corrected chi connectivity index (χ3v) is 5.51. The van der Waals surface area contributed by atoms with E-state index in [9.17, 15) is 4.79 Å². The first-order chi connectivity index (χ1) is 13.0. The lowest BCUT2D eigenvalue weighted by Gasteiger charge is -2.34. The number of hydrogen-bond acceptors (Lipinski definition) is 3. The molecule has 2 heterocycles. The van der Waals surface area contributed by atoms with Crippen LogP contribution >= 0.6 is 11.6 Å². The molecule has 27 heavy (non-hydrogen) atoms. The number of nitrogens with two attached hydrogens (primary N) is 2. The maximum absolute atomic E-state index is 12.9. The van der Waals surface area contributed by atoms with Crippen LogP contribution in [-0.2, 0) is 11.3 Å². The fourth-order valence-corrected chi connectivity index (χ4v) is 4.38. The third-order valence-electron chi connectivity index (χ3n) is 5.41. The number of hydrogen-bond donors (Lipinski definition) is 2. The van der Waals surface area contributed by atoms with Gasteiger partial charge in [0, 0.05) is 48.3 Å². The van der Waals surface area contributed by atoms with Gasteiger partial charge in [-0.15, -0.1) is 0 Å². The van der Waals surface area contributed by atoms with Crippen molar-refractivity contribution < 1.29 is 4.79 Å². The van der Waals surface area contributed by atoms with Crippen molar-refractivity contribution in [1.82, 2.24) is 9.47 Å². The van der Waals surface area contributed by atoms with E-state index in [2.05, 4.69) is 42.7 Å². The number of piperidine rings is 1. The van der Waals surface area contributed by atoms with Gasteiger partial charge in [-0.1, -0.05) is 29.8 Å². The Morgan fingerprint density at radius 3 is 2.78 bits per heavy atom. The second-order valence-electron chi connectivity index (χ2n) is 7.01. The topological polar surface area (TPSA) is 77.3 Å². The summed E-state index contributed by atoms with van der Waals surface area (Å²) in [7, 11) is 0. The molecule has 0 radical (unpaired) electrons. The van der Waals surface area contributed by atoms with E-state index in [1.165, 1.54) is 34.4 Å². The van der Waals surface area contributed by atoms with Crippen molar-refractivity contribution in [2.24, 2.45) is 11.5 Å². The van der Waals surface area contributed by atoms with E-state index in [-0.39, 0.29) is 11.1 Å². The molecule has 5 nitrogen and oxygen atoms in total. The summed E-state index contributed by atoms with van der Waals surface area (Å²) in [5.74, 6) is 0.175. The molecule has 0 bridgehead atoms. The Kier molecular flexibility index (Phi) is 5.80. The molecule has 1 aromatic carbocycles. The van der Waals surface area contributed by atoms with Crippen molar-refractivity contribution in [3.63, 3.8) is 0 Å². The molecule has 144 valence electrons. The van der Waals surface area contributed by atoms with Crippen LogP contribution in [-0.4, -0.2) is 28.5 Å². The molecule has 3 rings (SSSR count). The van der Waals surface area contributed by atoms with E-state index in [0.717, 1.165) is 19.4 Å². The normalized spacial score (nSPS) is 18.9. The number of aromatic nitrogens is 1. The lowest BCUT2D eigenvalue weighted by Crippen LogP contribution is -2.40. The summed E-state index contributed by atoms with van der Waals surface area (Å²) in [6, 6.07) is 8.51. The Hall–Kier alpha value is -2.40. The number of halogens is 1. The van der Waals surface area contributed by atoms with Crippen molar-refractivity contribution in [2.75, 3.05) is 13.1 Å². The average Bonchev–Trinajstić information content (AvgIpc) is 2.97. The second-order valence-corrected chi connectivity index (χ2v) is 7.45. The Morgan fingerprint density at radius 2 is 2.11 bits per heavy atom. The highest BCUT2D eigenvalue weighted by Crippen LogP contribution is 2.35. The van der Waals surface area contributed by atoms with E-state index >= 15 is 0 Å². The zero-order valence-electron chi connectivity index (χ0n) is 15.9. The van der Waals surface area contributed by atoms with Crippen molar-refractivity contribution in [2.45, 2.75) is 39.2 Å². The van der Waals surface area contributed by atoms with Gasteiger partial charge < -0.3 is 20.9 Å². The molecule has 0 aliphatic carbocycles. The smallest absolute Gasteiger partial charge is 0.255 e. The van der Waals surface area contributed by atoms with Gasteiger partial charge in [0.15, 0.2) is 0 Å². The van der Waals surface area contributed by atoms with Gasteiger partial charge in [-0.3, -0.25) is 4.79 Å². The zero-order chi connectivity index (χ0) is 19.6. The summed E-state index contributed by atoms with van der Waals surface area (Å²) in [6.07, 6.45) is 4.71. The molecule has 1 aliphatic heterocycles. The molecule has 1 amide bonds. The predicted molar refractivity (Wildman–Crippen MR) is 111 cm³/mol. The summed E-state index contributed by atoms with van der Waals surface area (Å²) < 4.78 is 2.39. The largest absolute Gasteiger partial charge is 0.404 e. The highest BCUT2D eigenvalue weighted by Gasteiger charge is 2.29. The maximum Gasteiger partial charge on any atom is 0.255 e. The number of amides is 1. The maximum atomic E-state index is 12.9. The van der Waals surface area contributed by atoms with Gasteiger partial charge in [0.2, 0.25) is 0 Å². The summed E-state index contributed by atoms with van der Waals surface area (Å²) in [6.45, 7) is 6.66. The van der Waals surface area contributed by atoms with Gasteiger partial charge in [0.1, 0.15) is 0 Å². The van der Waals surface area contributed by atoms with Crippen LogP contribution in [0.5, 0.6) is 0 Å². The number of likely N-dealkylation sites (tertiary alicyclic amines) is 1. The Morgan fingerprint density at radius 1 is 1.37 bits per heavy atom. The number of benzene rings is 1. The first kappa shape index (κ1) is 19.4. The molecule has 1 atom stereocenters. The van der Waals surface area contributed by atoms with Crippen LogP contribution < -0.4 is 11.5 Å². The zero-order valence-corrected chi connectivity index (χ0v) is 16.7. The Balaban J connectivity index is 1.93. The SMILES string of the molecule is CCn1c(C2CCCN(C(=O)C(/C=C(\N)Cl)=C/N)C2)c(C)c2ccccc21.